The third-order valence-electron chi connectivity index (χ3n) is 2.07. The maximum Gasteiger partial charge on any atom is 0.426 e. The van der Waals surface area contributed by atoms with Crippen LogP contribution in [-0.2, 0) is 4.79 Å². The van der Waals surface area contributed by atoms with Crippen LogP contribution in [0, 0.1) is 0 Å². The molecule has 0 atom stereocenters. The van der Waals surface area contributed by atoms with Crippen LogP contribution < -0.4 is 5.32 Å². The highest BCUT2D eigenvalue weighted by Crippen LogP contribution is 2.44. The van der Waals surface area contributed by atoms with Crippen molar-refractivity contribution in [2.75, 3.05) is 6.54 Å². The Kier molecular flexibility index (Phi) is 4.81. The zero-order chi connectivity index (χ0) is 13.9. The fourth-order valence-corrected chi connectivity index (χ4v) is 0.952. The molecule has 0 rings (SSSR count). The summed E-state index contributed by atoms with van der Waals surface area (Å²) >= 11 is 0. The summed E-state index contributed by atoms with van der Waals surface area (Å²) in [5.74, 6) is -0.698. The minimum Gasteiger partial charge on any atom is -0.374 e. The van der Waals surface area contributed by atoms with Crippen molar-refractivity contribution in [2.45, 2.75) is 37.7 Å². The van der Waals surface area contributed by atoms with E-state index in [1.807, 2.05) is 5.32 Å². The quantitative estimate of drug-likeness (QED) is 0.762. The van der Waals surface area contributed by atoms with E-state index in [4.69, 9.17) is 5.11 Å². The summed E-state index contributed by atoms with van der Waals surface area (Å²) in [6, 6.07) is 0. The largest absolute Gasteiger partial charge is 0.426 e. The third-order valence-corrected chi connectivity index (χ3v) is 2.07. The second-order valence-electron chi connectivity index (χ2n) is 3.31. The molecule has 0 aromatic rings. The number of aliphatic hydroxyl groups is 1. The Labute approximate surface area is 92.8 Å². The molecule has 0 saturated heterocycles. The second kappa shape index (κ2) is 5.11. The van der Waals surface area contributed by atoms with Crippen LogP contribution in [0.5, 0.6) is 0 Å². The molecule has 1 amide bonds. The molecule has 0 aliphatic rings. The molecule has 0 spiro atoms. The van der Waals surface area contributed by atoms with E-state index in [-0.39, 0.29) is 6.42 Å². The van der Waals surface area contributed by atoms with Crippen molar-refractivity contribution in [3.63, 3.8) is 0 Å². The van der Waals surface area contributed by atoms with Crippen LogP contribution >= 0.6 is 0 Å². The van der Waals surface area contributed by atoms with Crippen molar-refractivity contribution >= 4 is 5.91 Å². The van der Waals surface area contributed by atoms with Crippen LogP contribution in [0.15, 0.2) is 0 Å². The molecule has 9 heteroatoms. The standard InChI is InChI=1S/C8H11F6NO2/c1-2-5(16)15-4-3-6(17,7(9,10)11)8(12,13)14/h17H,2-4H2,1H3,(H,15,16). The van der Waals surface area contributed by atoms with Gasteiger partial charge in [-0.05, 0) is 0 Å². The van der Waals surface area contributed by atoms with Crippen molar-refractivity contribution in [3.05, 3.63) is 0 Å². The van der Waals surface area contributed by atoms with Gasteiger partial charge in [0.25, 0.3) is 5.60 Å². The monoisotopic (exact) mass is 267 g/mol. The second-order valence-corrected chi connectivity index (χ2v) is 3.31. The van der Waals surface area contributed by atoms with E-state index in [0.717, 1.165) is 0 Å². The molecule has 3 nitrogen and oxygen atoms in total. The number of halogens is 6. The predicted octanol–water partition coefficient (Wildman–Crippen LogP) is 1.76. The minimum atomic E-state index is -5.85. The zero-order valence-corrected chi connectivity index (χ0v) is 8.74. The molecule has 0 aliphatic carbocycles. The summed E-state index contributed by atoms with van der Waals surface area (Å²) in [5.41, 5.74) is -4.80. The van der Waals surface area contributed by atoms with Crippen molar-refractivity contribution in [2.24, 2.45) is 0 Å². The molecular formula is C8H11F6NO2. The van der Waals surface area contributed by atoms with Crippen molar-refractivity contribution < 1.29 is 36.2 Å². The molecule has 0 heterocycles. The molecule has 17 heavy (non-hydrogen) atoms. The summed E-state index contributed by atoms with van der Waals surface area (Å²) in [4.78, 5) is 10.6. The number of hydrogen-bond acceptors (Lipinski definition) is 2. The molecule has 0 bridgehead atoms. The summed E-state index contributed by atoms with van der Waals surface area (Å²) in [6.07, 6.45) is -13.4. The van der Waals surface area contributed by atoms with E-state index < -0.39 is 36.8 Å². The summed E-state index contributed by atoms with van der Waals surface area (Å²) in [7, 11) is 0. The summed E-state index contributed by atoms with van der Waals surface area (Å²) in [6.45, 7) is 0.469. The Hall–Kier alpha value is -0.990. The lowest BCUT2D eigenvalue weighted by molar-refractivity contribution is -0.369. The van der Waals surface area contributed by atoms with Gasteiger partial charge in [0, 0.05) is 19.4 Å². The number of amides is 1. The van der Waals surface area contributed by atoms with Crippen LogP contribution in [0.1, 0.15) is 19.8 Å². The first-order valence-corrected chi connectivity index (χ1v) is 4.58. The Balaban J connectivity index is 4.71. The molecule has 0 aromatic carbocycles. The number of hydrogen-bond donors (Lipinski definition) is 2. The van der Waals surface area contributed by atoms with E-state index in [9.17, 15) is 31.1 Å². The first-order valence-electron chi connectivity index (χ1n) is 4.58. The number of alkyl halides is 6. The van der Waals surface area contributed by atoms with Gasteiger partial charge in [0.05, 0.1) is 0 Å². The molecule has 0 aromatic heterocycles. The highest BCUT2D eigenvalue weighted by atomic mass is 19.4. The third kappa shape index (κ3) is 3.76. The first kappa shape index (κ1) is 16.0. The molecule has 0 saturated carbocycles. The summed E-state index contributed by atoms with van der Waals surface area (Å²) in [5, 5.41) is 10.5. The Morgan fingerprint density at radius 1 is 1.12 bits per heavy atom. The van der Waals surface area contributed by atoms with Crippen LogP contribution in [0.4, 0.5) is 26.3 Å². The van der Waals surface area contributed by atoms with Crippen LogP contribution in [-0.4, -0.2) is 35.5 Å². The molecule has 0 fully saturated rings. The van der Waals surface area contributed by atoms with Crippen LogP contribution in [0.3, 0.4) is 0 Å². The average Bonchev–Trinajstić information content (AvgIpc) is 2.13. The average molecular weight is 267 g/mol. The van der Waals surface area contributed by atoms with E-state index >= 15 is 0 Å². The fourth-order valence-electron chi connectivity index (χ4n) is 0.952. The van der Waals surface area contributed by atoms with E-state index in [0.29, 0.717) is 0 Å². The lowest BCUT2D eigenvalue weighted by Gasteiger charge is -2.32. The van der Waals surface area contributed by atoms with Crippen molar-refractivity contribution in [1.82, 2.24) is 5.32 Å². The van der Waals surface area contributed by atoms with E-state index in [1.165, 1.54) is 6.92 Å². The Morgan fingerprint density at radius 2 is 1.53 bits per heavy atom. The smallest absolute Gasteiger partial charge is 0.374 e. The number of carbonyl (C=O) groups is 1. The van der Waals surface area contributed by atoms with Crippen molar-refractivity contribution in [3.8, 4) is 0 Å². The van der Waals surface area contributed by atoms with Crippen LogP contribution in [0.25, 0.3) is 0 Å². The Morgan fingerprint density at radius 3 is 1.82 bits per heavy atom. The maximum absolute atomic E-state index is 12.1. The van der Waals surface area contributed by atoms with Crippen molar-refractivity contribution in [1.29, 1.82) is 0 Å². The van der Waals surface area contributed by atoms with Gasteiger partial charge in [-0.15, -0.1) is 0 Å². The highest BCUT2D eigenvalue weighted by molar-refractivity contribution is 5.75. The lowest BCUT2D eigenvalue weighted by Crippen LogP contribution is -2.58. The number of carbonyl (C=O) groups excluding carboxylic acids is 1. The fraction of sp³-hybridized carbons (Fsp3) is 0.875. The zero-order valence-electron chi connectivity index (χ0n) is 8.74. The highest BCUT2D eigenvalue weighted by Gasteiger charge is 2.69. The topological polar surface area (TPSA) is 49.3 Å². The van der Waals surface area contributed by atoms with Gasteiger partial charge < -0.3 is 10.4 Å². The first-order chi connectivity index (χ1) is 7.45. The van der Waals surface area contributed by atoms with Gasteiger partial charge in [-0.3, -0.25) is 4.79 Å². The van der Waals surface area contributed by atoms with Gasteiger partial charge >= 0.3 is 12.4 Å². The van der Waals surface area contributed by atoms with Gasteiger partial charge in [-0.1, -0.05) is 6.92 Å². The SMILES string of the molecule is CCC(=O)NCCC(O)(C(F)(F)F)C(F)(F)F. The molecule has 102 valence electrons. The van der Waals surface area contributed by atoms with E-state index in [1.54, 1.807) is 0 Å². The van der Waals surface area contributed by atoms with Crippen LogP contribution in [0.2, 0.25) is 0 Å². The van der Waals surface area contributed by atoms with Gasteiger partial charge in [0.15, 0.2) is 0 Å². The molecule has 0 aliphatic heterocycles. The van der Waals surface area contributed by atoms with Gasteiger partial charge in [-0.2, -0.15) is 26.3 Å². The van der Waals surface area contributed by atoms with Gasteiger partial charge in [0.2, 0.25) is 5.91 Å². The minimum absolute atomic E-state index is 0.0730. The number of nitrogens with one attached hydrogen (secondary N) is 1. The van der Waals surface area contributed by atoms with Gasteiger partial charge in [0.1, 0.15) is 0 Å². The van der Waals surface area contributed by atoms with Gasteiger partial charge in [-0.25, -0.2) is 0 Å². The number of rotatable bonds is 4. The maximum atomic E-state index is 12.1. The molecule has 0 unspecified atom stereocenters. The molecule has 0 radical (unpaired) electrons. The lowest BCUT2D eigenvalue weighted by atomic mass is 9.98. The summed E-state index contributed by atoms with van der Waals surface area (Å²) < 4.78 is 72.7. The molecule has 2 N–H and O–H groups in total. The Bertz CT molecular complexity index is 258. The van der Waals surface area contributed by atoms with E-state index in [2.05, 4.69) is 0 Å². The normalized spacial score (nSPS) is 13.6. The molecular weight excluding hydrogens is 256 g/mol. The predicted molar refractivity (Wildman–Crippen MR) is 45.0 cm³/mol.